The van der Waals surface area contributed by atoms with Gasteiger partial charge in [-0.3, -0.25) is 4.79 Å². The molecule has 0 unspecified atom stereocenters. The van der Waals surface area contributed by atoms with E-state index in [-0.39, 0.29) is 17.9 Å². The zero-order valence-electron chi connectivity index (χ0n) is 7.88. The quantitative estimate of drug-likeness (QED) is 0.658. The Morgan fingerprint density at radius 1 is 1.46 bits per heavy atom. The van der Waals surface area contributed by atoms with Crippen molar-refractivity contribution in [2.24, 2.45) is 11.3 Å². The molecule has 0 heterocycles. The van der Waals surface area contributed by atoms with Crippen LogP contribution in [0.4, 0.5) is 0 Å². The molecule has 3 nitrogen and oxygen atoms in total. The first-order valence-corrected chi connectivity index (χ1v) is 5.14. The molecule has 0 aliphatic heterocycles. The van der Waals surface area contributed by atoms with E-state index in [9.17, 15) is 4.79 Å². The molecule has 0 aromatic rings. The van der Waals surface area contributed by atoms with Gasteiger partial charge in [0, 0.05) is 19.1 Å². The van der Waals surface area contributed by atoms with Crippen LogP contribution >= 0.6 is 0 Å². The van der Waals surface area contributed by atoms with Crippen LogP contribution in [-0.4, -0.2) is 24.2 Å². The Bertz CT molecular complexity index is 207. The highest BCUT2D eigenvalue weighted by Gasteiger charge is 2.42. The first kappa shape index (κ1) is 9.00. The molecule has 2 N–H and O–H groups in total. The summed E-state index contributed by atoms with van der Waals surface area (Å²) >= 11 is 0. The number of carbonyl (C=O) groups is 1. The minimum absolute atomic E-state index is 0.226. The minimum Gasteiger partial charge on any atom is -0.396 e. The molecule has 0 spiro atoms. The Balaban J connectivity index is 1.69. The Hall–Kier alpha value is -0.570. The summed E-state index contributed by atoms with van der Waals surface area (Å²) in [5, 5.41) is 11.8. The Kier molecular flexibility index (Phi) is 2.28. The average molecular weight is 183 g/mol. The maximum atomic E-state index is 11.3. The highest BCUT2D eigenvalue weighted by Crippen LogP contribution is 2.48. The van der Waals surface area contributed by atoms with Crippen LogP contribution in [0.3, 0.4) is 0 Å². The molecule has 0 aromatic heterocycles. The molecule has 0 saturated heterocycles. The van der Waals surface area contributed by atoms with Crippen molar-refractivity contribution in [1.29, 1.82) is 0 Å². The van der Waals surface area contributed by atoms with Gasteiger partial charge in [0.25, 0.3) is 0 Å². The molecule has 0 radical (unpaired) electrons. The lowest BCUT2D eigenvalue weighted by Gasteiger charge is -2.14. The van der Waals surface area contributed by atoms with Gasteiger partial charge in [0.15, 0.2) is 0 Å². The smallest absolute Gasteiger partial charge is 0.223 e. The van der Waals surface area contributed by atoms with Crippen LogP contribution in [0.15, 0.2) is 0 Å². The number of nitrogens with one attached hydrogen (secondary N) is 1. The van der Waals surface area contributed by atoms with Gasteiger partial charge in [0.1, 0.15) is 0 Å². The lowest BCUT2D eigenvalue weighted by molar-refractivity contribution is -0.122. The van der Waals surface area contributed by atoms with Gasteiger partial charge in [-0.1, -0.05) is 0 Å². The summed E-state index contributed by atoms with van der Waals surface area (Å²) in [7, 11) is 0. The molecular weight excluding hydrogens is 166 g/mol. The van der Waals surface area contributed by atoms with Crippen molar-refractivity contribution >= 4 is 5.91 Å². The predicted octanol–water partition coefficient (Wildman–Crippen LogP) is 0.675. The van der Waals surface area contributed by atoms with E-state index in [4.69, 9.17) is 5.11 Å². The summed E-state index contributed by atoms with van der Waals surface area (Å²) in [6.45, 7) is 1.03. The van der Waals surface area contributed by atoms with Gasteiger partial charge in [-0.05, 0) is 37.5 Å². The first-order chi connectivity index (χ1) is 6.26. The lowest BCUT2D eigenvalue weighted by Crippen LogP contribution is -2.31. The predicted molar refractivity (Wildman–Crippen MR) is 49.1 cm³/mol. The number of rotatable bonds is 5. The molecule has 74 valence electrons. The van der Waals surface area contributed by atoms with Crippen molar-refractivity contribution < 1.29 is 9.90 Å². The van der Waals surface area contributed by atoms with E-state index in [1.54, 1.807) is 0 Å². The normalized spacial score (nSPS) is 24.1. The summed E-state index contributed by atoms with van der Waals surface area (Å²) in [5.41, 5.74) is 0.263. The Labute approximate surface area is 78.5 Å². The minimum atomic E-state index is 0.226. The van der Waals surface area contributed by atoms with E-state index in [1.807, 2.05) is 0 Å². The molecule has 0 atom stereocenters. The molecule has 2 saturated carbocycles. The highest BCUT2D eigenvalue weighted by molar-refractivity contribution is 5.80. The summed E-state index contributed by atoms with van der Waals surface area (Å²) < 4.78 is 0. The largest absolute Gasteiger partial charge is 0.396 e. The number of aliphatic hydroxyl groups is 1. The van der Waals surface area contributed by atoms with Crippen LogP contribution in [0.2, 0.25) is 0 Å². The van der Waals surface area contributed by atoms with Crippen LogP contribution in [0.25, 0.3) is 0 Å². The number of aliphatic hydroxyl groups excluding tert-OH is 1. The molecular formula is C10H17NO2. The van der Waals surface area contributed by atoms with E-state index in [0.717, 1.165) is 25.8 Å². The highest BCUT2D eigenvalue weighted by atomic mass is 16.3. The lowest BCUT2D eigenvalue weighted by atomic mass is 10.0. The fourth-order valence-electron chi connectivity index (χ4n) is 1.69. The number of amides is 1. The van der Waals surface area contributed by atoms with Gasteiger partial charge < -0.3 is 10.4 Å². The monoisotopic (exact) mass is 183 g/mol. The van der Waals surface area contributed by atoms with Gasteiger partial charge in [-0.25, -0.2) is 0 Å². The summed E-state index contributed by atoms with van der Waals surface area (Å²) in [4.78, 5) is 11.3. The van der Waals surface area contributed by atoms with Gasteiger partial charge in [-0.15, -0.1) is 0 Å². The average Bonchev–Trinajstić information content (AvgIpc) is 2.97. The van der Waals surface area contributed by atoms with Crippen molar-refractivity contribution in [3.8, 4) is 0 Å². The second kappa shape index (κ2) is 3.29. The molecule has 2 aliphatic carbocycles. The van der Waals surface area contributed by atoms with Gasteiger partial charge in [0.2, 0.25) is 5.91 Å². The Morgan fingerprint density at radius 2 is 2.15 bits per heavy atom. The van der Waals surface area contributed by atoms with E-state index in [1.165, 1.54) is 12.8 Å². The van der Waals surface area contributed by atoms with Crippen LogP contribution < -0.4 is 5.32 Å². The second-order valence-electron chi connectivity index (χ2n) is 4.47. The summed E-state index contributed by atoms with van der Waals surface area (Å²) in [5.74, 6) is 0.536. The van der Waals surface area contributed by atoms with Gasteiger partial charge in [-0.2, -0.15) is 0 Å². The van der Waals surface area contributed by atoms with Gasteiger partial charge >= 0.3 is 0 Å². The summed E-state index contributed by atoms with van der Waals surface area (Å²) in [6, 6.07) is 0. The fraction of sp³-hybridized carbons (Fsp3) is 0.900. The third-order valence-corrected chi connectivity index (χ3v) is 3.19. The fourth-order valence-corrected chi connectivity index (χ4v) is 1.69. The second-order valence-corrected chi connectivity index (χ2v) is 4.47. The molecule has 2 rings (SSSR count). The maximum Gasteiger partial charge on any atom is 0.223 e. The van der Waals surface area contributed by atoms with Crippen molar-refractivity contribution in [1.82, 2.24) is 5.32 Å². The maximum absolute atomic E-state index is 11.3. The third kappa shape index (κ3) is 2.21. The van der Waals surface area contributed by atoms with Crippen LogP contribution in [-0.2, 0) is 4.79 Å². The number of carbonyl (C=O) groups excluding carboxylic acids is 1. The molecule has 0 aromatic carbocycles. The van der Waals surface area contributed by atoms with Crippen molar-refractivity contribution in [2.45, 2.75) is 32.1 Å². The standard InChI is InChI=1S/C10H17NO2/c12-6-5-10(3-4-10)7-11-9(13)8-1-2-8/h8,12H,1-7H2,(H,11,13). The van der Waals surface area contributed by atoms with Crippen LogP contribution in [0.5, 0.6) is 0 Å². The van der Waals surface area contributed by atoms with E-state index in [0.29, 0.717) is 5.92 Å². The zero-order chi connectivity index (χ0) is 9.31. The molecule has 3 heteroatoms. The van der Waals surface area contributed by atoms with Crippen molar-refractivity contribution in [3.63, 3.8) is 0 Å². The SMILES string of the molecule is O=C(NCC1(CCO)CC1)C1CC1. The molecule has 0 bridgehead atoms. The molecule has 13 heavy (non-hydrogen) atoms. The topological polar surface area (TPSA) is 49.3 Å². The van der Waals surface area contributed by atoms with Crippen LogP contribution in [0, 0.1) is 11.3 Å². The number of hydrogen-bond acceptors (Lipinski definition) is 2. The summed E-state index contributed by atoms with van der Waals surface area (Å²) in [6.07, 6.45) is 5.31. The van der Waals surface area contributed by atoms with Crippen LogP contribution in [0.1, 0.15) is 32.1 Å². The van der Waals surface area contributed by atoms with Crippen molar-refractivity contribution in [3.05, 3.63) is 0 Å². The van der Waals surface area contributed by atoms with E-state index in [2.05, 4.69) is 5.32 Å². The first-order valence-electron chi connectivity index (χ1n) is 5.14. The number of hydrogen-bond donors (Lipinski definition) is 2. The van der Waals surface area contributed by atoms with Crippen molar-refractivity contribution in [2.75, 3.05) is 13.2 Å². The third-order valence-electron chi connectivity index (χ3n) is 3.19. The Morgan fingerprint density at radius 3 is 2.62 bits per heavy atom. The molecule has 2 aliphatic rings. The zero-order valence-corrected chi connectivity index (χ0v) is 7.88. The molecule has 2 fully saturated rings. The molecule has 1 amide bonds. The van der Waals surface area contributed by atoms with Gasteiger partial charge in [0.05, 0.1) is 0 Å². The van der Waals surface area contributed by atoms with E-state index >= 15 is 0 Å². The van der Waals surface area contributed by atoms with E-state index < -0.39 is 0 Å².